The zero-order valence-electron chi connectivity index (χ0n) is 13.7. The van der Waals surface area contributed by atoms with Gasteiger partial charge >= 0.3 is 0 Å². The molecule has 1 nitrogen and oxygen atoms in total. The van der Waals surface area contributed by atoms with Crippen LogP contribution in [0.5, 0.6) is 0 Å². The summed E-state index contributed by atoms with van der Waals surface area (Å²) in [4.78, 5) is 2.55. The second-order valence-corrected chi connectivity index (χ2v) is 7.80. The van der Waals surface area contributed by atoms with E-state index in [0.717, 1.165) is 0 Å². The number of fused-ring (bicyclic) bond motifs is 1. The standard InChI is InChI=1S/C18H29N/c1-9-10-11-14-13(2)12-18(16(3,4)5)15(14)19(8)17(18,6)7/h9-11,15H,1,12H2,2-8H3/b11-10-. The van der Waals surface area contributed by atoms with E-state index >= 15 is 0 Å². The first kappa shape index (κ1) is 14.6. The average Bonchev–Trinajstić information content (AvgIpc) is 2.58. The van der Waals surface area contributed by atoms with Crippen LogP contribution >= 0.6 is 0 Å². The molecule has 0 N–H and O–H groups in total. The zero-order chi connectivity index (χ0) is 14.6. The Morgan fingerprint density at radius 3 is 2.37 bits per heavy atom. The second kappa shape index (κ2) is 4.09. The fourth-order valence-corrected chi connectivity index (χ4v) is 4.78. The summed E-state index contributed by atoms with van der Waals surface area (Å²) in [5, 5.41) is 0. The number of allylic oxidation sites excluding steroid dienone is 3. The lowest BCUT2D eigenvalue weighted by molar-refractivity contribution is -0.210. The van der Waals surface area contributed by atoms with Gasteiger partial charge < -0.3 is 0 Å². The molecule has 1 saturated heterocycles. The third-order valence-corrected chi connectivity index (χ3v) is 5.91. The Balaban J connectivity index is 2.51. The van der Waals surface area contributed by atoms with E-state index in [2.05, 4.69) is 72.2 Å². The zero-order valence-corrected chi connectivity index (χ0v) is 13.7. The van der Waals surface area contributed by atoms with Crippen molar-refractivity contribution < 1.29 is 0 Å². The van der Waals surface area contributed by atoms with Crippen LogP contribution in [0.4, 0.5) is 0 Å². The lowest BCUT2D eigenvalue weighted by Crippen LogP contribution is -2.78. The van der Waals surface area contributed by atoms with E-state index in [-0.39, 0.29) is 5.54 Å². The van der Waals surface area contributed by atoms with Crippen molar-refractivity contribution in [1.29, 1.82) is 0 Å². The molecule has 2 rings (SSSR count). The molecule has 1 aliphatic heterocycles. The Morgan fingerprint density at radius 2 is 1.89 bits per heavy atom. The molecule has 0 bridgehead atoms. The van der Waals surface area contributed by atoms with Crippen molar-refractivity contribution in [2.75, 3.05) is 7.05 Å². The van der Waals surface area contributed by atoms with Gasteiger partial charge in [0.2, 0.25) is 0 Å². The van der Waals surface area contributed by atoms with Crippen LogP contribution in [-0.2, 0) is 0 Å². The molecule has 0 amide bonds. The molecule has 1 heterocycles. The molecule has 1 heteroatoms. The highest BCUT2D eigenvalue weighted by molar-refractivity contribution is 5.47. The van der Waals surface area contributed by atoms with E-state index in [1.165, 1.54) is 12.0 Å². The molecule has 2 aliphatic rings. The van der Waals surface area contributed by atoms with E-state index in [4.69, 9.17) is 0 Å². The van der Waals surface area contributed by atoms with Crippen LogP contribution < -0.4 is 0 Å². The normalized spacial score (nSPS) is 34.6. The van der Waals surface area contributed by atoms with Crippen LogP contribution in [0.15, 0.2) is 36.0 Å². The second-order valence-electron chi connectivity index (χ2n) is 7.80. The SMILES string of the molecule is C=C/C=C\C1=C(C)CC2(C(C)(C)C)C1N(C)C2(C)C. The number of nitrogens with zero attached hydrogens (tertiary/aromatic N) is 1. The van der Waals surface area contributed by atoms with E-state index < -0.39 is 0 Å². The number of likely N-dealkylation sites (tertiary alicyclic amines) is 1. The molecule has 1 aliphatic carbocycles. The van der Waals surface area contributed by atoms with Gasteiger partial charge in [0.15, 0.2) is 0 Å². The highest BCUT2D eigenvalue weighted by Gasteiger charge is 2.71. The van der Waals surface area contributed by atoms with Crippen LogP contribution in [-0.4, -0.2) is 23.5 Å². The van der Waals surface area contributed by atoms with Gasteiger partial charge in [-0.1, -0.05) is 51.2 Å². The minimum Gasteiger partial charge on any atom is -0.293 e. The Morgan fingerprint density at radius 1 is 1.32 bits per heavy atom. The smallest absolute Gasteiger partial charge is 0.0431 e. The molecule has 2 atom stereocenters. The molecule has 1 fully saturated rings. The molecular weight excluding hydrogens is 230 g/mol. The summed E-state index contributed by atoms with van der Waals surface area (Å²) in [6, 6.07) is 0.554. The van der Waals surface area contributed by atoms with Gasteiger partial charge in [-0.15, -0.1) is 0 Å². The lowest BCUT2D eigenvalue weighted by Gasteiger charge is -2.71. The highest BCUT2D eigenvalue weighted by atomic mass is 15.3. The monoisotopic (exact) mass is 259 g/mol. The Bertz CT molecular complexity index is 459. The van der Waals surface area contributed by atoms with Crippen LogP contribution in [0.25, 0.3) is 0 Å². The van der Waals surface area contributed by atoms with Crippen molar-refractivity contribution in [2.45, 2.75) is 59.5 Å². The molecule has 0 saturated carbocycles. The van der Waals surface area contributed by atoms with Crippen molar-refractivity contribution in [2.24, 2.45) is 10.8 Å². The third-order valence-electron chi connectivity index (χ3n) is 5.91. The quantitative estimate of drug-likeness (QED) is 0.656. The summed E-state index contributed by atoms with van der Waals surface area (Å²) in [7, 11) is 2.27. The molecule has 0 aromatic rings. The van der Waals surface area contributed by atoms with Gasteiger partial charge in [0, 0.05) is 17.0 Å². The maximum absolute atomic E-state index is 3.80. The highest BCUT2D eigenvalue weighted by Crippen LogP contribution is 2.69. The maximum Gasteiger partial charge on any atom is 0.0431 e. The van der Waals surface area contributed by atoms with Gasteiger partial charge in [-0.2, -0.15) is 0 Å². The number of likely N-dealkylation sites (N-methyl/N-ethyl adjacent to an activating group) is 1. The predicted molar refractivity (Wildman–Crippen MR) is 84.2 cm³/mol. The van der Waals surface area contributed by atoms with Crippen LogP contribution in [0, 0.1) is 10.8 Å². The maximum atomic E-state index is 3.80. The van der Waals surface area contributed by atoms with Crippen LogP contribution in [0.2, 0.25) is 0 Å². The van der Waals surface area contributed by atoms with Crippen molar-refractivity contribution >= 4 is 0 Å². The third kappa shape index (κ3) is 1.57. The predicted octanol–water partition coefficient (Wildman–Crippen LogP) is 4.57. The summed E-state index contributed by atoms with van der Waals surface area (Å²) in [6.07, 6.45) is 7.44. The summed E-state index contributed by atoms with van der Waals surface area (Å²) < 4.78 is 0. The van der Waals surface area contributed by atoms with Crippen molar-refractivity contribution in [3.8, 4) is 0 Å². The van der Waals surface area contributed by atoms with Crippen LogP contribution in [0.3, 0.4) is 0 Å². The summed E-state index contributed by atoms with van der Waals surface area (Å²) >= 11 is 0. The first-order valence-corrected chi connectivity index (χ1v) is 7.33. The largest absolute Gasteiger partial charge is 0.293 e. The van der Waals surface area contributed by atoms with Crippen molar-refractivity contribution in [3.63, 3.8) is 0 Å². The van der Waals surface area contributed by atoms with Crippen molar-refractivity contribution in [1.82, 2.24) is 4.90 Å². The molecule has 0 aromatic heterocycles. The van der Waals surface area contributed by atoms with Crippen LogP contribution in [0.1, 0.15) is 48.0 Å². The Hall–Kier alpha value is -0.820. The van der Waals surface area contributed by atoms with Gasteiger partial charge in [-0.25, -0.2) is 0 Å². The number of rotatable bonds is 2. The Kier molecular flexibility index (Phi) is 3.14. The molecule has 0 radical (unpaired) electrons. The Labute approximate surface area is 119 Å². The lowest BCUT2D eigenvalue weighted by atomic mass is 9.46. The fourth-order valence-electron chi connectivity index (χ4n) is 4.78. The first-order chi connectivity index (χ1) is 8.61. The minimum atomic E-state index is 0.251. The van der Waals surface area contributed by atoms with Crippen molar-refractivity contribution in [3.05, 3.63) is 36.0 Å². The molecule has 2 unspecified atom stereocenters. The van der Waals surface area contributed by atoms with E-state index in [1.54, 1.807) is 5.57 Å². The van der Waals surface area contributed by atoms with Gasteiger partial charge in [0.05, 0.1) is 0 Å². The molecule has 0 spiro atoms. The van der Waals surface area contributed by atoms with E-state index in [1.807, 2.05) is 6.08 Å². The minimum absolute atomic E-state index is 0.251. The molecule has 0 aromatic carbocycles. The average molecular weight is 259 g/mol. The molecular formula is C18H29N. The van der Waals surface area contributed by atoms with E-state index in [0.29, 0.717) is 16.9 Å². The van der Waals surface area contributed by atoms with Gasteiger partial charge in [-0.3, -0.25) is 4.90 Å². The number of hydrogen-bond donors (Lipinski definition) is 0. The molecule has 106 valence electrons. The van der Waals surface area contributed by atoms with Gasteiger partial charge in [-0.05, 0) is 45.2 Å². The summed E-state index contributed by atoms with van der Waals surface area (Å²) in [5.41, 5.74) is 3.96. The topological polar surface area (TPSA) is 3.24 Å². The van der Waals surface area contributed by atoms with E-state index in [9.17, 15) is 0 Å². The number of hydrogen-bond acceptors (Lipinski definition) is 1. The first-order valence-electron chi connectivity index (χ1n) is 7.33. The summed E-state index contributed by atoms with van der Waals surface area (Å²) in [6.45, 7) is 18.1. The fraction of sp³-hybridized carbons (Fsp3) is 0.667. The summed E-state index contributed by atoms with van der Waals surface area (Å²) in [5.74, 6) is 0. The van der Waals surface area contributed by atoms with Gasteiger partial charge in [0.25, 0.3) is 0 Å². The molecule has 19 heavy (non-hydrogen) atoms. The van der Waals surface area contributed by atoms with Gasteiger partial charge in [0.1, 0.15) is 0 Å².